The first kappa shape index (κ1) is 20.9. The minimum absolute atomic E-state index is 0.252. The molecule has 5 nitrogen and oxygen atoms in total. The Morgan fingerprint density at radius 3 is 2.66 bits per heavy atom. The van der Waals surface area contributed by atoms with Gasteiger partial charge in [0.2, 0.25) is 0 Å². The molecule has 1 amide bonds. The van der Waals surface area contributed by atoms with Crippen LogP contribution in [0.25, 0.3) is 11.3 Å². The fourth-order valence-electron chi connectivity index (χ4n) is 2.42. The minimum atomic E-state index is -1.05. The van der Waals surface area contributed by atoms with Gasteiger partial charge in [0.1, 0.15) is 0 Å². The first-order chi connectivity index (χ1) is 13.9. The van der Waals surface area contributed by atoms with E-state index in [9.17, 15) is 18.4 Å². The van der Waals surface area contributed by atoms with E-state index < -0.39 is 29.6 Å². The number of thioether (sulfide) groups is 1. The third-order valence-electron chi connectivity index (χ3n) is 3.93. The summed E-state index contributed by atoms with van der Waals surface area (Å²) in [5, 5.41) is 4.42. The van der Waals surface area contributed by atoms with Crippen LogP contribution in [0.15, 0.2) is 52.7 Å². The highest BCUT2D eigenvalue weighted by molar-refractivity contribution is 7.98. The fraction of sp³-hybridized carbons (Fsp3) is 0.150. The van der Waals surface area contributed by atoms with Crippen molar-refractivity contribution in [3.63, 3.8) is 0 Å². The van der Waals surface area contributed by atoms with Gasteiger partial charge in [-0.1, -0.05) is 12.1 Å². The van der Waals surface area contributed by atoms with E-state index in [2.05, 4.69) is 10.3 Å². The van der Waals surface area contributed by atoms with Gasteiger partial charge < -0.3 is 4.74 Å². The fourth-order valence-corrected chi connectivity index (χ4v) is 3.73. The topological polar surface area (TPSA) is 68.3 Å². The molecule has 1 heterocycles. The quantitative estimate of drug-likeness (QED) is 0.437. The van der Waals surface area contributed by atoms with Gasteiger partial charge in [0, 0.05) is 15.8 Å². The molecule has 0 saturated heterocycles. The first-order valence-electron chi connectivity index (χ1n) is 8.45. The van der Waals surface area contributed by atoms with Gasteiger partial charge in [0.15, 0.2) is 22.9 Å². The summed E-state index contributed by atoms with van der Waals surface area (Å²) in [6, 6.07) is 10.4. The maximum atomic E-state index is 13.4. The van der Waals surface area contributed by atoms with Crippen molar-refractivity contribution in [1.82, 2.24) is 4.98 Å². The van der Waals surface area contributed by atoms with Gasteiger partial charge in [-0.2, -0.15) is 0 Å². The molecule has 0 spiro atoms. The van der Waals surface area contributed by atoms with Crippen molar-refractivity contribution in [1.29, 1.82) is 0 Å². The molecule has 0 saturated carbocycles. The van der Waals surface area contributed by atoms with Gasteiger partial charge >= 0.3 is 5.97 Å². The summed E-state index contributed by atoms with van der Waals surface area (Å²) in [5.41, 5.74) is 1.16. The molecular weight excluding hydrogens is 418 g/mol. The van der Waals surface area contributed by atoms with E-state index >= 15 is 0 Å². The van der Waals surface area contributed by atoms with E-state index in [0.717, 1.165) is 28.4 Å². The Balaban J connectivity index is 1.65. The van der Waals surface area contributed by atoms with Gasteiger partial charge in [0.05, 0.1) is 11.3 Å². The maximum Gasteiger partial charge on any atom is 0.340 e. The lowest BCUT2D eigenvalue weighted by atomic mass is 10.2. The number of esters is 1. The first-order valence-corrected chi connectivity index (χ1v) is 10.5. The molecule has 0 radical (unpaired) electrons. The smallest absolute Gasteiger partial charge is 0.340 e. The second-order valence-corrected chi connectivity index (χ2v) is 7.61. The molecule has 2 aromatic carbocycles. The molecule has 1 N–H and O–H groups in total. The summed E-state index contributed by atoms with van der Waals surface area (Å²) < 4.78 is 31.7. The van der Waals surface area contributed by atoms with E-state index in [-0.39, 0.29) is 5.13 Å². The predicted octanol–water partition coefficient (Wildman–Crippen LogP) is 4.99. The highest BCUT2D eigenvalue weighted by Crippen LogP contribution is 2.26. The van der Waals surface area contributed by atoms with Crippen molar-refractivity contribution < 1.29 is 23.1 Å². The summed E-state index contributed by atoms with van der Waals surface area (Å²) in [6.07, 6.45) is 0.794. The van der Waals surface area contributed by atoms with Gasteiger partial charge in [-0.05, 0) is 43.5 Å². The highest BCUT2D eigenvalue weighted by Gasteiger charge is 2.21. The van der Waals surface area contributed by atoms with Crippen LogP contribution in [0.2, 0.25) is 0 Å². The number of hydrogen-bond donors (Lipinski definition) is 1. The van der Waals surface area contributed by atoms with Crippen LogP contribution in [0, 0.1) is 11.6 Å². The Morgan fingerprint density at radius 2 is 1.93 bits per heavy atom. The summed E-state index contributed by atoms with van der Waals surface area (Å²) in [7, 11) is 0. The van der Waals surface area contributed by atoms with Crippen LogP contribution in [0.3, 0.4) is 0 Å². The molecule has 1 unspecified atom stereocenters. The van der Waals surface area contributed by atoms with E-state index in [1.807, 2.05) is 12.3 Å². The van der Waals surface area contributed by atoms with Crippen molar-refractivity contribution >= 4 is 40.1 Å². The Morgan fingerprint density at radius 1 is 1.17 bits per heavy atom. The minimum Gasteiger partial charge on any atom is -0.449 e. The second-order valence-electron chi connectivity index (χ2n) is 5.90. The summed E-state index contributed by atoms with van der Waals surface area (Å²) in [5.74, 6) is -3.08. The SMILES string of the molecule is CSc1ccccc1C(=O)OC(C)C(=O)Nc1nc(-c2ccc(F)c(F)c2)cs1. The van der Waals surface area contributed by atoms with E-state index in [1.165, 1.54) is 24.8 Å². The van der Waals surface area contributed by atoms with E-state index in [1.54, 1.807) is 23.6 Å². The maximum absolute atomic E-state index is 13.4. The van der Waals surface area contributed by atoms with Gasteiger partial charge in [-0.3, -0.25) is 10.1 Å². The van der Waals surface area contributed by atoms with Gasteiger partial charge in [-0.25, -0.2) is 18.6 Å². The van der Waals surface area contributed by atoms with Crippen LogP contribution < -0.4 is 5.32 Å². The molecule has 9 heteroatoms. The Kier molecular flexibility index (Phi) is 6.60. The zero-order valence-corrected chi connectivity index (χ0v) is 17.1. The van der Waals surface area contributed by atoms with E-state index in [4.69, 9.17) is 4.74 Å². The molecule has 29 heavy (non-hydrogen) atoms. The largest absolute Gasteiger partial charge is 0.449 e. The zero-order valence-electron chi connectivity index (χ0n) is 15.4. The number of thiazole rings is 1. The number of carbonyl (C=O) groups is 2. The number of benzene rings is 2. The molecule has 0 fully saturated rings. The number of amides is 1. The normalized spacial score (nSPS) is 11.7. The number of nitrogens with zero attached hydrogens (tertiary/aromatic N) is 1. The van der Waals surface area contributed by atoms with Crippen LogP contribution in [-0.4, -0.2) is 29.2 Å². The summed E-state index contributed by atoms with van der Waals surface area (Å²) in [4.78, 5) is 29.6. The van der Waals surface area contributed by atoms with Crippen molar-refractivity contribution in [3.05, 3.63) is 65.0 Å². The van der Waals surface area contributed by atoms with Crippen molar-refractivity contribution in [3.8, 4) is 11.3 Å². The molecule has 0 bridgehead atoms. The van der Waals surface area contributed by atoms with Crippen molar-refractivity contribution in [2.75, 3.05) is 11.6 Å². The number of carbonyl (C=O) groups excluding carboxylic acids is 2. The standard InChI is InChI=1S/C20H16F2N2O3S2/c1-11(27-19(26)13-5-3-4-6-17(13)28-2)18(25)24-20-23-16(10-29-20)12-7-8-14(21)15(22)9-12/h3-11H,1-2H3,(H,23,24,25). The number of hydrogen-bond acceptors (Lipinski definition) is 6. The number of ether oxygens (including phenoxy) is 1. The highest BCUT2D eigenvalue weighted by atomic mass is 32.2. The lowest BCUT2D eigenvalue weighted by Crippen LogP contribution is -2.30. The number of nitrogens with one attached hydrogen (secondary N) is 1. The molecule has 0 aliphatic heterocycles. The molecule has 3 aromatic rings. The summed E-state index contributed by atoms with van der Waals surface area (Å²) >= 11 is 2.52. The van der Waals surface area contributed by atoms with E-state index in [0.29, 0.717) is 16.8 Å². The molecule has 0 aliphatic carbocycles. The predicted molar refractivity (Wildman–Crippen MR) is 109 cm³/mol. The van der Waals surface area contributed by atoms with Crippen LogP contribution >= 0.6 is 23.1 Å². The Bertz CT molecular complexity index is 1060. The number of anilines is 1. The average molecular weight is 434 g/mol. The zero-order chi connectivity index (χ0) is 21.0. The molecule has 150 valence electrons. The average Bonchev–Trinajstić information content (AvgIpc) is 3.18. The van der Waals surface area contributed by atoms with Crippen LogP contribution in [0.4, 0.5) is 13.9 Å². The third-order valence-corrected chi connectivity index (χ3v) is 5.48. The molecule has 3 rings (SSSR count). The van der Waals surface area contributed by atoms with Crippen LogP contribution in [0.1, 0.15) is 17.3 Å². The Hall–Kier alpha value is -2.78. The number of aromatic nitrogens is 1. The lowest BCUT2D eigenvalue weighted by Gasteiger charge is -2.13. The molecule has 1 aromatic heterocycles. The van der Waals surface area contributed by atoms with Gasteiger partial charge in [-0.15, -0.1) is 23.1 Å². The molecule has 0 aliphatic rings. The monoisotopic (exact) mass is 434 g/mol. The van der Waals surface area contributed by atoms with Crippen molar-refractivity contribution in [2.24, 2.45) is 0 Å². The van der Waals surface area contributed by atoms with Crippen LogP contribution in [-0.2, 0) is 9.53 Å². The molecule has 1 atom stereocenters. The lowest BCUT2D eigenvalue weighted by molar-refractivity contribution is -0.123. The summed E-state index contributed by atoms with van der Waals surface area (Å²) in [6.45, 7) is 1.46. The number of halogens is 2. The third kappa shape index (κ3) is 4.99. The number of rotatable bonds is 6. The van der Waals surface area contributed by atoms with Crippen molar-refractivity contribution in [2.45, 2.75) is 17.9 Å². The second kappa shape index (κ2) is 9.15. The molecular formula is C20H16F2N2O3S2. The van der Waals surface area contributed by atoms with Gasteiger partial charge in [0.25, 0.3) is 5.91 Å². The Labute approximate surface area is 174 Å². The van der Waals surface area contributed by atoms with Crippen LogP contribution in [0.5, 0.6) is 0 Å².